The van der Waals surface area contributed by atoms with E-state index in [-0.39, 0.29) is 11.1 Å². The summed E-state index contributed by atoms with van der Waals surface area (Å²) in [7, 11) is 0. The van der Waals surface area contributed by atoms with Crippen LogP contribution in [-0.2, 0) is 0 Å². The summed E-state index contributed by atoms with van der Waals surface area (Å²) in [6, 6.07) is 12.9. The molecule has 3 aromatic rings. The molecular weight excluding hydrogens is 286 g/mol. The molecule has 0 saturated heterocycles. The van der Waals surface area contributed by atoms with Crippen LogP contribution < -0.4 is 5.56 Å². The van der Waals surface area contributed by atoms with E-state index in [9.17, 15) is 10.1 Å². The van der Waals surface area contributed by atoms with E-state index in [4.69, 9.17) is 11.6 Å². The molecule has 0 fully saturated rings. The van der Waals surface area contributed by atoms with Crippen molar-refractivity contribution < 1.29 is 0 Å². The molecule has 0 saturated carbocycles. The second kappa shape index (κ2) is 5.04. The van der Waals surface area contributed by atoms with Gasteiger partial charge in [0.1, 0.15) is 16.8 Å². The van der Waals surface area contributed by atoms with Crippen molar-refractivity contribution in [3.05, 3.63) is 63.2 Å². The number of hydrogen-bond donors (Lipinski definition) is 1. The Kier molecular flexibility index (Phi) is 3.20. The standard InChI is InChI=1S/C16H10ClN3O/c1-9-6-12(13(8-18)16(21)19-9)10-2-4-14-11(7-10)3-5-15(17)20-14/h2-7H,1H3,(H,19,21). The zero-order valence-electron chi connectivity index (χ0n) is 11.1. The van der Waals surface area contributed by atoms with Gasteiger partial charge in [0, 0.05) is 16.6 Å². The monoisotopic (exact) mass is 295 g/mol. The van der Waals surface area contributed by atoms with Crippen LogP contribution in [0.25, 0.3) is 22.0 Å². The minimum absolute atomic E-state index is 0.113. The van der Waals surface area contributed by atoms with E-state index < -0.39 is 0 Å². The zero-order chi connectivity index (χ0) is 15.0. The highest BCUT2D eigenvalue weighted by Crippen LogP contribution is 2.26. The number of aromatic amines is 1. The summed E-state index contributed by atoms with van der Waals surface area (Å²) in [5, 5.41) is 10.5. The van der Waals surface area contributed by atoms with Crippen LogP contribution in [0, 0.1) is 18.3 Å². The van der Waals surface area contributed by atoms with E-state index in [0.717, 1.165) is 16.5 Å². The minimum Gasteiger partial charge on any atom is -0.325 e. The first-order valence-electron chi connectivity index (χ1n) is 6.29. The molecule has 3 rings (SSSR count). The van der Waals surface area contributed by atoms with Crippen molar-refractivity contribution in [2.75, 3.05) is 0 Å². The number of nitriles is 1. The molecule has 0 amide bonds. The van der Waals surface area contributed by atoms with Gasteiger partial charge in [-0.05, 0) is 42.8 Å². The van der Waals surface area contributed by atoms with E-state index in [1.165, 1.54) is 0 Å². The zero-order valence-corrected chi connectivity index (χ0v) is 11.9. The van der Waals surface area contributed by atoms with Crippen LogP contribution in [0.4, 0.5) is 0 Å². The Morgan fingerprint density at radius 3 is 2.81 bits per heavy atom. The Hall–Kier alpha value is -2.64. The number of pyridine rings is 2. The third-order valence-corrected chi connectivity index (χ3v) is 3.46. The van der Waals surface area contributed by atoms with Crippen molar-refractivity contribution in [1.82, 2.24) is 9.97 Å². The Bertz CT molecular complexity index is 954. The highest BCUT2D eigenvalue weighted by atomic mass is 35.5. The fourth-order valence-electron chi connectivity index (χ4n) is 2.30. The molecule has 1 N–H and O–H groups in total. The molecule has 0 spiro atoms. The number of fused-ring (bicyclic) bond motifs is 1. The van der Waals surface area contributed by atoms with E-state index in [0.29, 0.717) is 16.4 Å². The lowest BCUT2D eigenvalue weighted by molar-refractivity contribution is 1.13. The van der Waals surface area contributed by atoms with E-state index in [2.05, 4.69) is 9.97 Å². The van der Waals surface area contributed by atoms with Gasteiger partial charge < -0.3 is 4.98 Å². The first kappa shape index (κ1) is 13.3. The molecule has 4 nitrogen and oxygen atoms in total. The van der Waals surface area contributed by atoms with Gasteiger partial charge in [-0.1, -0.05) is 17.7 Å². The maximum absolute atomic E-state index is 11.9. The molecule has 0 radical (unpaired) electrons. The fraction of sp³-hybridized carbons (Fsp3) is 0.0625. The van der Waals surface area contributed by atoms with Gasteiger partial charge in [-0.2, -0.15) is 5.26 Å². The number of aryl methyl sites for hydroxylation is 1. The molecule has 2 heterocycles. The number of nitrogens with zero attached hydrogens (tertiary/aromatic N) is 2. The quantitative estimate of drug-likeness (QED) is 0.699. The Balaban J connectivity index is 2.28. The summed E-state index contributed by atoms with van der Waals surface area (Å²) in [5.74, 6) is 0. The number of nitrogens with one attached hydrogen (secondary N) is 1. The molecule has 0 bridgehead atoms. The van der Waals surface area contributed by atoms with Crippen LogP contribution in [0.1, 0.15) is 11.3 Å². The maximum atomic E-state index is 11.9. The van der Waals surface area contributed by atoms with Crippen molar-refractivity contribution in [3.63, 3.8) is 0 Å². The normalized spacial score (nSPS) is 10.5. The molecule has 0 aliphatic carbocycles. The highest BCUT2D eigenvalue weighted by molar-refractivity contribution is 6.29. The first-order valence-corrected chi connectivity index (χ1v) is 6.67. The van der Waals surface area contributed by atoms with Crippen molar-refractivity contribution in [1.29, 1.82) is 5.26 Å². The lowest BCUT2D eigenvalue weighted by Crippen LogP contribution is -2.12. The predicted octanol–water partition coefficient (Wildman–Crippen LogP) is 3.42. The highest BCUT2D eigenvalue weighted by Gasteiger charge is 2.11. The SMILES string of the molecule is Cc1cc(-c2ccc3nc(Cl)ccc3c2)c(C#N)c(=O)[nH]1. The van der Waals surface area contributed by atoms with Gasteiger partial charge in [0.15, 0.2) is 0 Å². The summed E-state index contributed by atoms with van der Waals surface area (Å²) in [6.45, 7) is 1.79. The van der Waals surface area contributed by atoms with Gasteiger partial charge in [-0.15, -0.1) is 0 Å². The van der Waals surface area contributed by atoms with Crippen molar-refractivity contribution in [2.24, 2.45) is 0 Å². The van der Waals surface area contributed by atoms with E-state index in [1.54, 1.807) is 19.1 Å². The number of aromatic nitrogens is 2. The molecule has 102 valence electrons. The van der Waals surface area contributed by atoms with Gasteiger partial charge in [0.05, 0.1) is 5.52 Å². The summed E-state index contributed by atoms with van der Waals surface area (Å²) >= 11 is 5.87. The van der Waals surface area contributed by atoms with Crippen LogP contribution in [-0.4, -0.2) is 9.97 Å². The smallest absolute Gasteiger partial charge is 0.266 e. The third-order valence-electron chi connectivity index (χ3n) is 3.25. The number of benzene rings is 1. The van der Waals surface area contributed by atoms with Crippen molar-refractivity contribution >= 4 is 22.5 Å². The van der Waals surface area contributed by atoms with Crippen LogP contribution in [0.5, 0.6) is 0 Å². The number of H-pyrrole nitrogens is 1. The molecule has 2 aromatic heterocycles. The molecule has 5 heteroatoms. The van der Waals surface area contributed by atoms with Gasteiger partial charge in [-0.3, -0.25) is 4.79 Å². The Labute approximate surface area is 125 Å². The average Bonchev–Trinajstić information content (AvgIpc) is 2.46. The average molecular weight is 296 g/mol. The van der Waals surface area contributed by atoms with Gasteiger partial charge in [-0.25, -0.2) is 4.98 Å². The van der Waals surface area contributed by atoms with Crippen molar-refractivity contribution in [3.8, 4) is 17.2 Å². The largest absolute Gasteiger partial charge is 0.325 e. The number of rotatable bonds is 1. The Morgan fingerprint density at radius 2 is 2.05 bits per heavy atom. The van der Waals surface area contributed by atoms with Gasteiger partial charge in [0.25, 0.3) is 5.56 Å². The molecular formula is C16H10ClN3O. The summed E-state index contributed by atoms with van der Waals surface area (Å²) in [4.78, 5) is 18.7. The molecule has 0 aliphatic rings. The Morgan fingerprint density at radius 1 is 1.24 bits per heavy atom. The maximum Gasteiger partial charge on any atom is 0.266 e. The van der Waals surface area contributed by atoms with Crippen LogP contribution in [0.3, 0.4) is 0 Å². The van der Waals surface area contributed by atoms with E-state index >= 15 is 0 Å². The number of halogens is 1. The second-order valence-corrected chi connectivity index (χ2v) is 5.11. The summed E-state index contributed by atoms with van der Waals surface area (Å²) in [5.41, 5.74) is 2.64. The fourth-order valence-corrected chi connectivity index (χ4v) is 2.45. The van der Waals surface area contributed by atoms with Crippen LogP contribution in [0.15, 0.2) is 41.2 Å². The molecule has 0 aliphatic heterocycles. The van der Waals surface area contributed by atoms with Crippen LogP contribution in [0.2, 0.25) is 5.15 Å². The van der Waals surface area contributed by atoms with Gasteiger partial charge in [0.2, 0.25) is 0 Å². The second-order valence-electron chi connectivity index (χ2n) is 4.72. The predicted molar refractivity (Wildman–Crippen MR) is 82.3 cm³/mol. The molecule has 21 heavy (non-hydrogen) atoms. The van der Waals surface area contributed by atoms with Crippen molar-refractivity contribution in [2.45, 2.75) is 6.92 Å². The van der Waals surface area contributed by atoms with E-state index in [1.807, 2.05) is 30.3 Å². The van der Waals surface area contributed by atoms with Gasteiger partial charge >= 0.3 is 0 Å². The lowest BCUT2D eigenvalue weighted by Gasteiger charge is -2.07. The summed E-state index contributed by atoms with van der Waals surface area (Å²) in [6.07, 6.45) is 0. The number of hydrogen-bond acceptors (Lipinski definition) is 3. The first-order chi connectivity index (χ1) is 10.1. The third kappa shape index (κ3) is 2.39. The topological polar surface area (TPSA) is 69.5 Å². The molecule has 1 aromatic carbocycles. The molecule has 0 atom stereocenters. The summed E-state index contributed by atoms with van der Waals surface area (Å²) < 4.78 is 0. The minimum atomic E-state index is -0.373. The van der Waals surface area contributed by atoms with Crippen LogP contribution >= 0.6 is 11.6 Å². The lowest BCUT2D eigenvalue weighted by atomic mass is 9.99. The molecule has 0 unspecified atom stereocenters.